The molecule has 0 bridgehead atoms. The Bertz CT molecular complexity index is 437. The normalized spacial score (nSPS) is 10.4. The van der Waals surface area contributed by atoms with Gasteiger partial charge >= 0.3 is 0 Å². The Kier molecular flexibility index (Phi) is 9.78. The zero-order valence-corrected chi connectivity index (χ0v) is 13.8. The monoisotopic (exact) mass is 328 g/mol. The molecule has 0 radical (unpaired) electrons. The van der Waals surface area contributed by atoms with Crippen molar-refractivity contribution in [3.05, 3.63) is 17.7 Å². The molecule has 0 amide bonds. The Balaban J connectivity index is 2.38. The lowest BCUT2D eigenvalue weighted by Gasteiger charge is -2.15. The Morgan fingerprint density at radius 3 is 1.83 bits per heavy atom. The molecule has 1 aromatic carbocycles. The van der Waals surface area contributed by atoms with Gasteiger partial charge in [-0.15, -0.1) is 0 Å². The maximum atomic E-state index is 10.9. The number of carbonyl (C=O) groups excluding carboxylic acids is 1. The lowest BCUT2D eigenvalue weighted by Crippen LogP contribution is -2.13. The first kappa shape index (κ1) is 19.2. The van der Waals surface area contributed by atoms with E-state index >= 15 is 0 Å². The van der Waals surface area contributed by atoms with E-state index in [1.807, 2.05) is 0 Å². The average molecular weight is 328 g/mol. The largest absolute Gasteiger partial charge is 0.493 e. The number of hydrogen-bond acceptors (Lipinski definition) is 7. The SMILES string of the molecule is COCCOCCOCCOc1c(OC)cc(C=O)cc1OC. The van der Waals surface area contributed by atoms with E-state index in [2.05, 4.69) is 0 Å². The van der Waals surface area contributed by atoms with Crippen LogP contribution in [-0.2, 0) is 14.2 Å². The van der Waals surface area contributed by atoms with Gasteiger partial charge in [-0.05, 0) is 12.1 Å². The van der Waals surface area contributed by atoms with Crippen molar-refractivity contribution in [1.29, 1.82) is 0 Å². The van der Waals surface area contributed by atoms with E-state index in [-0.39, 0.29) is 0 Å². The third-order valence-corrected chi connectivity index (χ3v) is 2.90. The first-order chi connectivity index (χ1) is 11.3. The van der Waals surface area contributed by atoms with Gasteiger partial charge in [-0.25, -0.2) is 0 Å². The lowest BCUT2D eigenvalue weighted by molar-refractivity contribution is 0.0176. The molecular weight excluding hydrogens is 304 g/mol. The number of carbonyl (C=O) groups is 1. The molecule has 0 fully saturated rings. The minimum absolute atomic E-state index is 0.325. The summed E-state index contributed by atoms with van der Waals surface area (Å²) in [5, 5.41) is 0. The van der Waals surface area contributed by atoms with Crippen LogP contribution in [0, 0.1) is 0 Å². The van der Waals surface area contributed by atoms with Crippen LogP contribution in [0.25, 0.3) is 0 Å². The highest BCUT2D eigenvalue weighted by atomic mass is 16.6. The average Bonchev–Trinajstić information content (AvgIpc) is 2.59. The fraction of sp³-hybridized carbons (Fsp3) is 0.562. The summed E-state index contributed by atoms with van der Waals surface area (Å²) in [4.78, 5) is 10.9. The molecular formula is C16H24O7. The third kappa shape index (κ3) is 6.85. The quantitative estimate of drug-likeness (QED) is 0.402. The number of aldehydes is 1. The van der Waals surface area contributed by atoms with Crippen molar-refractivity contribution in [2.24, 2.45) is 0 Å². The summed E-state index contributed by atoms with van der Waals surface area (Å²) in [5.41, 5.74) is 0.454. The summed E-state index contributed by atoms with van der Waals surface area (Å²) in [5.74, 6) is 1.32. The summed E-state index contributed by atoms with van der Waals surface area (Å²) >= 11 is 0. The number of ether oxygens (including phenoxy) is 6. The van der Waals surface area contributed by atoms with Crippen LogP contribution in [0.2, 0.25) is 0 Å². The van der Waals surface area contributed by atoms with Crippen molar-refractivity contribution in [2.75, 3.05) is 61.0 Å². The van der Waals surface area contributed by atoms with E-state index in [0.717, 1.165) is 6.29 Å². The first-order valence-electron chi connectivity index (χ1n) is 7.25. The molecule has 0 aromatic heterocycles. The summed E-state index contributed by atoms with van der Waals surface area (Å²) in [6, 6.07) is 3.19. The van der Waals surface area contributed by atoms with E-state index in [1.165, 1.54) is 14.2 Å². The van der Waals surface area contributed by atoms with Gasteiger partial charge in [0.05, 0.1) is 47.3 Å². The molecule has 130 valence electrons. The zero-order valence-electron chi connectivity index (χ0n) is 13.8. The molecule has 0 spiro atoms. The molecule has 0 saturated heterocycles. The van der Waals surface area contributed by atoms with E-state index in [4.69, 9.17) is 28.4 Å². The smallest absolute Gasteiger partial charge is 0.203 e. The molecule has 1 rings (SSSR count). The molecule has 1 aromatic rings. The van der Waals surface area contributed by atoms with Crippen LogP contribution in [0.3, 0.4) is 0 Å². The molecule has 0 aliphatic carbocycles. The zero-order chi connectivity index (χ0) is 16.9. The summed E-state index contributed by atoms with van der Waals surface area (Å²) in [6.45, 7) is 2.82. The fourth-order valence-electron chi connectivity index (χ4n) is 1.78. The molecule has 7 heteroatoms. The van der Waals surface area contributed by atoms with Gasteiger partial charge in [0.1, 0.15) is 12.9 Å². The Morgan fingerprint density at radius 2 is 1.35 bits per heavy atom. The van der Waals surface area contributed by atoms with Crippen LogP contribution >= 0.6 is 0 Å². The van der Waals surface area contributed by atoms with Crippen molar-refractivity contribution in [1.82, 2.24) is 0 Å². The van der Waals surface area contributed by atoms with Crippen LogP contribution in [0.4, 0.5) is 0 Å². The highest BCUT2D eigenvalue weighted by Gasteiger charge is 2.14. The highest BCUT2D eigenvalue weighted by molar-refractivity contribution is 5.78. The molecule has 0 N–H and O–H groups in total. The molecule has 7 nitrogen and oxygen atoms in total. The minimum atomic E-state index is 0.325. The summed E-state index contributed by atoms with van der Waals surface area (Å²) < 4.78 is 31.6. The van der Waals surface area contributed by atoms with Crippen molar-refractivity contribution in [2.45, 2.75) is 0 Å². The Morgan fingerprint density at radius 1 is 0.826 bits per heavy atom. The Labute approximate surface area is 136 Å². The lowest BCUT2D eigenvalue weighted by atomic mass is 10.2. The van der Waals surface area contributed by atoms with Gasteiger partial charge < -0.3 is 28.4 Å². The Hall–Kier alpha value is -1.83. The van der Waals surface area contributed by atoms with Gasteiger partial charge in [-0.3, -0.25) is 4.79 Å². The van der Waals surface area contributed by atoms with E-state index in [0.29, 0.717) is 62.5 Å². The van der Waals surface area contributed by atoms with Crippen LogP contribution in [0.1, 0.15) is 10.4 Å². The first-order valence-corrected chi connectivity index (χ1v) is 7.25. The van der Waals surface area contributed by atoms with Gasteiger partial charge in [-0.2, -0.15) is 0 Å². The summed E-state index contributed by atoms with van der Waals surface area (Å²) in [6.07, 6.45) is 0.724. The van der Waals surface area contributed by atoms with Crippen LogP contribution < -0.4 is 14.2 Å². The molecule has 0 unspecified atom stereocenters. The molecule has 0 aliphatic rings. The van der Waals surface area contributed by atoms with Crippen LogP contribution in [0.15, 0.2) is 12.1 Å². The molecule has 0 aliphatic heterocycles. The number of rotatable bonds is 13. The third-order valence-electron chi connectivity index (χ3n) is 2.90. The predicted molar refractivity (Wildman–Crippen MR) is 83.9 cm³/mol. The molecule has 0 atom stereocenters. The van der Waals surface area contributed by atoms with Crippen molar-refractivity contribution in [3.8, 4) is 17.2 Å². The van der Waals surface area contributed by atoms with Crippen molar-refractivity contribution in [3.63, 3.8) is 0 Å². The molecule has 0 heterocycles. The van der Waals surface area contributed by atoms with E-state index < -0.39 is 0 Å². The minimum Gasteiger partial charge on any atom is -0.493 e. The standard InChI is InChI=1S/C16H24O7/c1-18-4-5-21-6-7-22-8-9-23-16-14(19-2)10-13(12-17)11-15(16)20-3/h10-12H,4-9H2,1-3H3. The van der Waals surface area contributed by atoms with Gasteiger partial charge in [0.15, 0.2) is 11.5 Å². The van der Waals surface area contributed by atoms with E-state index in [1.54, 1.807) is 19.2 Å². The van der Waals surface area contributed by atoms with Crippen molar-refractivity contribution < 1.29 is 33.2 Å². The van der Waals surface area contributed by atoms with E-state index in [9.17, 15) is 4.79 Å². The van der Waals surface area contributed by atoms with Gasteiger partial charge in [0.25, 0.3) is 0 Å². The number of methoxy groups -OCH3 is 3. The second-order valence-electron chi connectivity index (χ2n) is 4.44. The maximum Gasteiger partial charge on any atom is 0.203 e. The maximum absolute atomic E-state index is 10.9. The fourth-order valence-corrected chi connectivity index (χ4v) is 1.78. The number of hydrogen-bond donors (Lipinski definition) is 0. The topological polar surface area (TPSA) is 72.5 Å². The molecule has 0 saturated carbocycles. The van der Waals surface area contributed by atoms with Crippen molar-refractivity contribution >= 4 is 6.29 Å². The second-order valence-corrected chi connectivity index (χ2v) is 4.44. The van der Waals surface area contributed by atoms with Crippen LogP contribution in [0.5, 0.6) is 17.2 Å². The summed E-state index contributed by atoms with van der Waals surface area (Å²) in [7, 11) is 4.63. The second kappa shape index (κ2) is 11.7. The number of benzene rings is 1. The van der Waals surface area contributed by atoms with Gasteiger partial charge in [-0.1, -0.05) is 0 Å². The highest BCUT2D eigenvalue weighted by Crippen LogP contribution is 2.38. The van der Waals surface area contributed by atoms with Crippen LogP contribution in [-0.4, -0.2) is 67.3 Å². The van der Waals surface area contributed by atoms with Gasteiger partial charge in [0, 0.05) is 12.7 Å². The van der Waals surface area contributed by atoms with Gasteiger partial charge in [0.2, 0.25) is 5.75 Å². The molecule has 23 heavy (non-hydrogen) atoms. The predicted octanol–water partition coefficient (Wildman–Crippen LogP) is 1.57.